The average molecular weight is 460 g/mol. The molecule has 1 atom stereocenters. The summed E-state index contributed by atoms with van der Waals surface area (Å²) in [4.78, 5) is 30.6. The smallest absolute Gasteiger partial charge is 0.337 e. The van der Waals surface area contributed by atoms with E-state index in [9.17, 15) is 27.5 Å². The third-order valence-corrected chi connectivity index (χ3v) is 7.01. The molecule has 1 aromatic heterocycles. The fourth-order valence-corrected chi connectivity index (χ4v) is 5.37. The predicted octanol–water partition coefficient (Wildman–Crippen LogP) is 1.59. The van der Waals surface area contributed by atoms with E-state index >= 15 is 0 Å². The van der Waals surface area contributed by atoms with Gasteiger partial charge in [-0.2, -0.15) is 0 Å². The summed E-state index contributed by atoms with van der Waals surface area (Å²) >= 11 is 0. The molecule has 4 rings (SSSR count). The number of anilines is 1. The Morgan fingerprint density at radius 1 is 1.25 bits per heavy atom. The molecule has 32 heavy (non-hydrogen) atoms. The molecule has 1 aliphatic rings. The van der Waals surface area contributed by atoms with Gasteiger partial charge < -0.3 is 15.7 Å². The number of aromatic nitrogens is 2. The number of aromatic carboxylic acids is 1. The summed E-state index contributed by atoms with van der Waals surface area (Å²) in [5.41, 5.74) is 5.15. The zero-order valence-electron chi connectivity index (χ0n) is 16.9. The number of rotatable bonds is 5. The molecule has 3 aromatic rings. The van der Waals surface area contributed by atoms with Gasteiger partial charge in [0.2, 0.25) is 5.95 Å². The minimum atomic E-state index is -4.27. The van der Waals surface area contributed by atoms with Crippen molar-refractivity contribution in [3.8, 4) is 0 Å². The van der Waals surface area contributed by atoms with Crippen LogP contribution in [-0.2, 0) is 15.7 Å². The number of hydrogen-bond acceptors (Lipinski definition) is 7. The number of sulfone groups is 1. The first-order chi connectivity index (χ1) is 15.2. The van der Waals surface area contributed by atoms with Crippen LogP contribution in [0.1, 0.15) is 23.2 Å². The maximum absolute atomic E-state index is 13.8. The first-order valence-corrected chi connectivity index (χ1v) is 11.6. The molecule has 2 aromatic carbocycles. The number of nitrogens with zero attached hydrogens (tertiary/aromatic N) is 3. The van der Waals surface area contributed by atoms with Gasteiger partial charge in [0.1, 0.15) is 11.7 Å². The molecular weight excluding hydrogens is 439 g/mol. The number of carboxylic acid groups (broad SMARTS) is 1. The van der Waals surface area contributed by atoms with Crippen LogP contribution in [0.15, 0.2) is 52.2 Å². The Bertz CT molecular complexity index is 1370. The highest BCUT2D eigenvalue weighted by molar-refractivity contribution is 7.90. The van der Waals surface area contributed by atoms with Crippen molar-refractivity contribution in [2.75, 3.05) is 18.0 Å². The molecule has 1 fully saturated rings. The van der Waals surface area contributed by atoms with E-state index < -0.39 is 43.5 Å². The van der Waals surface area contributed by atoms with Gasteiger partial charge in [0, 0.05) is 19.1 Å². The summed E-state index contributed by atoms with van der Waals surface area (Å²) < 4.78 is 41.2. The maximum atomic E-state index is 13.8. The monoisotopic (exact) mass is 460 g/mol. The molecule has 1 aliphatic heterocycles. The van der Waals surface area contributed by atoms with Gasteiger partial charge in [-0.15, -0.1) is 0 Å². The number of benzene rings is 2. The lowest BCUT2D eigenvalue weighted by Gasteiger charge is -2.33. The lowest BCUT2D eigenvalue weighted by molar-refractivity contribution is 0.0692. The van der Waals surface area contributed by atoms with E-state index in [0.29, 0.717) is 13.1 Å². The maximum Gasteiger partial charge on any atom is 0.337 e. The summed E-state index contributed by atoms with van der Waals surface area (Å²) in [7, 11) is -4.27. The normalized spacial score (nSPS) is 16.9. The van der Waals surface area contributed by atoms with Gasteiger partial charge in [-0.1, -0.05) is 12.1 Å². The van der Waals surface area contributed by atoms with Crippen LogP contribution in [0.5, 0.6) is 0 Å². The molecule has 168 valence electrons. The Balaban J connectivity index is 1.91. The van der Waals surface area contributed by atoms with E-state index in [1.54, 1.807) is 4.90 Å². The van der Waals surface area contributed by atoms with Crippen LogP contribution < -0.4 is 16.2 Å². The van der Waals surface area contributed by atoms with Gasteiger partial charge in [-0.25, -0.2) is 22.6 Å². The quantitative estimate of drug-likeness (QED) is 0.586. The largest absolute Gasteiger partial charge is 0.478 e. The van der Waals surface area contributed by atoms with E-state index in [1.807, 2.05) is 0 Å². The van der Waals surface area contributed by atoms with Crippen molar-refractivity contribution < 1.29 is 22.7 Å². The number of nitrogens with two attached hydrogens (primary N) is 1. The predicted molar refractivity (Wildman–Crippen MR) is 116 cm³/mol. The molecule has 0 saturated carbocycles. The molecule has 0 bridgehead atoms. The highest BCUT2D eigenvalue weighted by atomic mass is 32.2. The number of piperidine rings is 1. The highest BCUT2D eigenvalue weighted by Crippen LogP contribution is 2.24. The van der Waals surface area contributed by atoms with Crippen LogP contribution in [0.4, 0.5) is 10.3 Å². The summed E-state index contributed by atoms with van der Waals surface area (Å²) in [5, 5.41) is 9.33. The Hall–Kier alpha value is -3.31. The van der Waals surface area contributed by atoms with E-state index in [0.717, 1.165) is 23.5 Å². The lowest BCUT2D eigenvalue weighted by atomic mass is 10.1. The fraction of sp³-hybridized carbons (Fsp3) is 0.286. The minimum absolute atomic E-state index is 0.0724. The number of carboxylic acids is 1. The first kappa shape index (κ1) is 21.9. The second-order valence-corrected chi connectivity index (χ2v) is 9.63. The SMILES string of the molecule is NC1CCCN(c2nc3ccc(F)cc3c(=O)n2CS(=O)(=O)c2ccccc2C(=O)O)C1. The summed E-state index contributed by atoms with van der Waals surface area (Å²) in [6.45, 7) is 0.878. The Kier molecular flexibility index (Phi) is 5.70. The van der Waals surface area contributed by atoms with Crippen molar-refractivity contribution >= 4 is 32.7 Å². The Labute approximate surface area is 182 Å². The van der Waals surface area contributed by atoms with Crippen molar-refractivity contribution in [2.24, 2.45) is 5.73 Å². The van der Waals surface area contributed by atoms with E-state index in [-0.39, 0.29) is 22.9 Å². The number of hydrogen-bond donors (Lipinski definition) is 2. The molecule has 0 radical (unpaired) electrons. The molecule has 0 amide bonds. The van der Waals surface area contributed by atoms with Crippen LogP contribution in [0.3, 0.4) is 0 Å². The lowest BCUT2D eigenvalue weighted by Crippen LogP contribution is -2.45. The number of halogens is 1. The second-order valence-electron chi connectivity index (χ2n) is 7.70. The van der Waals surface area contributed by atoms with Crippen molar-refractivity contribution in [3.63, 3.8) is 0 Å². The van der Waals surface area contributed by atoms with Crippen LogP contribution >= 0.6 is 0 Å². The van der Waals surface area contributed by atoms with Crippen molar-refractivity contribution in [3.05, 3.63) is 64.2 Å². The Morgan fingerprint density at radius 3 is 2.72 bits per heavy atom. The molecule has 0 aliphatic carbocycles. The molecule has 1 unspecified atom stereocenters. The van der Waals surface area contributed by atoms with Crippen molar-refractivity contribution in [2.45, 2.75) is 29.7 Å². The first-order valence-electron chi connectivity index (χ1n) is 9.93. The van der Waals surface area contributed by atoms with E-state index in [4.69, 9.17) is 5.73 Å². The summed E-state index contributed by atoms with van der Waals surface area (Å²) in [6, 6.07) is 8.52. The summed E-state index contributed by atoms with van der Waals surface area (Å²) in [6.07, 6.45) is 1.51. The number of carbonyl (C=O) groups is 1. The van der Waals surface area contributed by atoms with Gasteiger partial charge in [-0.3, -0.25) is 9.36 Å². The summed E-state index contributed by atoms with van der Waals surface area (Å²) in [5.74, 6) is -2.82. The zero-order chi connectivity index (χ0) is 23.0. The highest BCUT2D eigenvalue weighted by Gasteiger charge is 2.28. The zero-order valence-corrected chi connectivity index (χ0v) is 17.8. The molecule has 11 heteroatoms. The molecule has 3 N–H and O–H groups in total. The van der Waals surface area contributed by atoms with Gasteiger partial charge in [0.25, 0.3) is 5.56 Å². The van der Waals surface area contributed by atoms with Crippen LogP contribution in [0, 0.1) is 5.82 Å². The third-order valence-electron chi connectivity index (χ3n) is 5.39. The molecule has 1 saturated heterocycles. The van der Waals surface area contributed by atoms with E-state index in [2.05, 4.69) is 4.98 Å². The van der Waals surface area contributed by atoms with Gasteiger partial charge in [0.05, 0.1) is 21.4 Å². The topological polar surface area (TPSA) is 136 Å². The minimum Gasteiger partial charge on any atom is -0.478 e. The van der Waals surface area contributed by atoms with Crippen molar-refractivity contribution in [1.29, 1.82) is 0 Å². The van der Waals surface area contributed by atoms with E-state index in [1.165, 1.54) is 36.4 Å². The molecular formula is C21H21FN4O5S. The van der Waals surface area contributed by atoms with Crippen molar-refractivity contribution in [1.82, 2.24) is 9.55 Å². The molecule has 0 spiro atoms. The van der Waals surface area contributed by atoms with Gasteiger partial charge in [-0.05, 0) is 43.2 Å². The van der Waals surface area contributed by atoms with Gasteiger partial charge in [0.15, 0.2) is 9.84 Å². The average Bonchev–Trinajstić information content (AvgIpc) is 2.76. The number of fused-ring (bicyclic) bond motifs is 1. The standard InChI is InChI=1S/C21H21FN4O5S/c22-13-7-8-17-16(10-13)19(27)26(21(24-17)25-9-3-4-14(23)11-25)12-32(30,31)18-6-2-1-5-15(18)20(28)29/h1-2,5-8,10,14H,3-4,9,11-12,23H2,(H,28,29). The van der Waals surface area contributed by atoms with Crippen LogP contribution in [0.25, 0.3) is 10.9 Å². The molecule has 9 nitrogen and oxygen atoms in total. The van der Waals surface area contributed by atoms with Crippen LogP contribution in [0.2, 0.25) is 0 Å². The second kappa shape index (κ2) is 8.32. The fourth-order valence-electron chi connectivity index (χ4n) is 3.88. The molecule has 2 heterocycles. The van der Waals surface area contributed by atoms with Gasteiger partial charge >= 0.3 is 5.97 Å². The Morgan fingerprint density at radius 2 is 2.00 bits per heavy atom. The van der Waals surface area contributed by atoms with Crippen LogP contribution in [-0.4, -0.2) is 48.2 Å². The third kappa shape index (κ3) is 4.08.